The molecule has 0 aromatic heterocycles. The third kappa shape index (κ3) is 8.99. The fourth-order valence-corrected chi connectivity index (χ4v) is 6.36. The fourth-order valence-electron chi connectivity index (χ4n) is 6.36. The van der Waals surface area contributed by atoms with Crippen LogP contribution in [0.15, 0.2) is 24.3 Å². The third-order valence-corrected chi connectivity index (χ3v) is 8.13. The van der Waals surface area contributed by atoms with Gasteiger partial charge >= 0.3 is 10.4 Å². The first kappa shape index (κ1) is 30.5. The molecule has 1 saturated carbocycles. The summed E-state index contributed by atoms with van der Waals surface area (Å²) in [5, 5.41) is 19.3. The van der Waals surface area contributed by atoms with Crippen molar-refractivity contribution < 1.29 is 37.3 Å². The van der Waals surface area contributed by atoms with Crippen LogP contribution in [0.25, 0.3) is 0 Å². The van der Waals surface area contributed by atoms with Crippen molar-refractivity contribution in [3.05, 3.63) is 35.4 Å². The highest BCUT2D eigenvalue weighted by Gasteiger charge is 2.41. The van der Waals surface area contributed by atoms with E-state index in [0.29, 0.717) is 42.6 Å². The number of aliphatic hydroxyl groups is 2. The van der Waals surface area contributed by atoms with Crippen LogP contribution in [0.3, 0.4) is 0 Å². The van der Waals surface area contributed by atoms with E-state index in [1.165, 1.54) is 24.8 Å². The first-order chi connectivity index (χ1) is 18.0. The van der Waals surface area contributed by atoms with Gasteiger partial charge < -0.3 is 20.8 Å². The number of piperidine rings is 1. The molecule has 4 rings (SSSR count). The minimum Gasteiger partial charge on any atom is -0.393 e. The maximum Gasteiger partial charge on any atom is 0.394 e. The molecule has 3 aliphatic rings. The van der Waals surface area contributed by atoms with Gasteiger partial charge in [0.1, 0.15) is 0 Å². The Morgan fingerprint density at radius 2 is 1.66 bits per heavy atom. The SMILES string of the molecule is NC(=O)c1cccc(C2CC3CC[C@@H](C2)N3CCN(CC2CCCCC2)C(=O)C(O)CO)c1.O=S(=O)(O)O. The second-order valence-electron chi connectivity index (χ2n) is 10.7. The maximum absolute atomic E-state index is 12.8. The van der Waals surface area contributed by atoms with Crippen LogP contribution in [-0.2, 0) is 15.2 Å². The van der Waals surface area contributed by atoms with E-state index >= 15 is 0 Å². The third-order valence-electron chi connectivity index (χ3n) is 8.13. The highest BCUT2D eigenvalue weighted by Crippen LogP contribution is 2.43. The van der Waals surface area contributed by atoms with Crippen molar-refractivity contribution in [2.45, 2.75) is 81.9 Å². The van der Waals surface area contributed by atoms with Crippen LogP contribution >= 0.6 is 0 Å². The summed E-state index contributed by atoms with van der Waals surface area (Å²) in [6.45, 7) is 1.56. The monoisotopic (exact) mass is 555 g/mol. The molecule has 4 atom stereocenters. The van der Waals surface area contributed by atoms with Crippen LogP contribution in [0.1, 0.15) is 79.6 Å². The molecule has 1 aromatic rings. The quantitative estimate of drug-likeness (QED) is 0.283. The summed E-state index contributed by atoms with van der Waals surface area (Å²) >= 11 is 0. The van der Waals surface area contributed by atoms with E-state index < -0.39 is 23.1 Å². The van der Waals surface area contributed by atoms with Gasteiger partial charge in [-0.05, 0) is 68.1 Å². The topological polar surface area (TPSA) is 182 Å². The highest BCUT2D eigenvalue weighted by atomic mass is 32.3. The van der Waals surface area contributed by atoms with Crippen molar-refractivity contribution in [3.63, 3.8) is 0 Å². The number of aliphatic hydroxyl groups excluding tert-OH is 2. The molecule has 0 spiro atoms. The van der Waals surface area contributed by atoms with Gasteiger partial charge in [-0.1, -0.05) is 31.4 Å². The Morgan fingerprint density at radius 1 is 1.05 bits per heavy atom. The van der Waals surface area contributed by atoms with Crippen LogP contribution in [-0.4, -0.2) is 93.8 Å². The molecular formula is C26H41N3O8S. The molecule has 1 aliphatic carbocycles. The van der Waals surface area contributed by atoms with Crippen molar-refractivity contribution in [2.24, 2.45) is 11.7 Å². The maximum atomic E-state index is 12.8. The fraction of sp³-hybridized carbons (Fsp3) is 0.692. The van der Waals surface area contributed by atoms with Crippen molar-refractivity contribution in [1.82, 2.24) is 9.80 Å². The van der Waals surface area contributed by atoms with E-state index in [4.69, 9.17) is 23.3 Å². The Labute approximate surface area is 224 Å². The zero-order valence-electron chi connectivity index (χ0n) is 21.7. The molecule has 2 amide bonds. The van der Waals surface area contributed by atoms with Crippen molar-refractivity contribution in [2.75, 3.05) is 26.2 Å². The number of benzene rings is 1. The highest BCUT2D eigenvalue weighted by molar-refractivity contribution is 7.79. The molecule has 38 heavy (non-hydrogen) atoms. The van der Waals surface area contributed by atoms with Crippen LogP contribution in [0, 0.1) is 5.92 Å². The molecule has 2 bridgehead atoms. The van der Waals surface area contributed by atoms with E-state index in [-0.39, 0.29) is 11.8 Å². The summed E-state index contributed by atoms with van der Waals surface area (Å²) in [5.41, 5.74) is 7.25. The Balaban J connectivity index is 0.000000732. The van der Waals surface area contributed by atoms with Gasteiger partial charge in [0.15, 0.2) is 6.10 Å². The number of carbonyl (C=O) groups excluding carboxylic acids is 2. The van der Waals surface area contributed by atoms with Gasteiger partial charge in [0.05, 0.1) is 6.61 Å². The molecule has 0 radical (unpaired) electrons. The first-order valence-electron chi connectivity index (χ1n) is 13.4. The van der Waals surface area contributed by atoms with E-state index in [2.05, 4.69) is 11.0 Å². The smallest absolute Gasteiger partial charge is 0.393 e. The van der Waals surface area contributed by atoms with E-state index in [1.54, 1.807) is 11.0 Å². The standard InChI is InChI=1S/C26H39N3O4.H2O4S/c27-25(32)20-8-4-7-19(13-20)21-14-22-9-10-23(15-21)29(22)12-11-28(26(33)24(31)17-30)16-18-5-2-1-3-6-18;1-5(2,3)4/h4,7-8,13,18,21-24,30-31H,1-3,5-6,9-12,14-17H2,(H2,27,32);(H2,1,2,3,4)/t21?,22-,23?,24?;/m0./s1. The summed E-state index contributed by atoms with van der Waals surface area (Å²) < 4.78 is 31.6. The number of carbonyl (C=O) groups is 2. The number of amides is 2. The molecule has 12 heteroatoms. The number of hydrogen-bond acceptors (Lipinski definition) is 7. The van der Waals surface area contributed by atoms with Gasteiger partial charge in [0, 0.05) is 37.3 Å². The van der Waals surface area contributed by atoms with Crippen LogP contribution in [0.4, 0.5) is 0 Å². The number of nitrogens with zero attached hydrogens (tertiary/aromatic N) is 2. The molecule has 2 aliphatic heterocycles. The van der Waals surface area contributed by atoms with Crippen LogP contribution in [0.5, 0.6) is 0 Å². The van der Waals surface area contributed by atoms with Gasteiger partial charge in [-0.15, -0.1) is 0 Å². The lowest BCUT2D eigenvalue weighted by Crippen LogP contribution is -2.50. The number of rotatable bonds is 9. The van der Waals surface area contributed by atoms with Gasteiger partial charge in [-0.3, -0.25) is 23.6 Å². The number of hydrogen-bond donors (Lipinski definition) is 5. The second kappa shape index (κ2) is 13.8. The lowest BCUT2D eigenvalue weighted by molar-refractivity contribution is -0.143. The van der Waals surface area contributed by atoms with E-state index in [1.807, 2.05) is 12.1 Å². The minimum atomic E-state index is -4.67. The molecule has 2 saturated heterocycles. The van der Waals surface area contributed by atoms with Gasteiger partial charge in [-0.2, -0.15) is 8.42 Å². The molecule has 3 fully saturated rings. The van der Waals surface area contributed by atoms with Crippen molar-refractivity contribution in [3.8, 4) is 0 Å². The summed E-state index contributed by atoms with van der Waals surface area (Å²) in [5.74, 6) is 0.196. The van der Waals surface area contributed by atoms with E-state index in [0.717, 1.165) is 45.1 Å². The lowest BCUT2D eigenvalue weighted by atomic mass is 9.84. The first-order valence-corrected chi connectivity index (χ1v) is 14.8. The lowest BCUT2D eigenvalue weighted by Gasteiger charge is -2.40. The van der Waals surface area contributed by atoms with Gasteiger partial charge in [0.2, 0.25) is 5.91 Å². The van der Waals surface area contributed by atoms with Crippen molar-refractivity contribution in [1.29, 1.82) is 0 Å². The molecule has 11 nitrogen and oxygen atoms in total. The Morgan fingerprint density at radius 3 is 2.21 bits per heavy atom. The van der Waals surface area contributed by atoms with Crippen molar-refractivity contribution >= 4 is 22.2 Å². The predicted octanol–water partition coefficient (Wildman–Crippen LogP) is 1.61. The van der Waals surface area contributed by atoms with Gasteiger partial charge in [0.25, 0.3) is 5.91 Å². The number of fused-ring (bicyclic) bond motifs is 2. The van der Waals surface area contributed by atoms with E-state index in [9.17, 15) is 19.8 Å². The zero-order chi connectivity index (χ0) is 27.9. The molecular weight excluding hydrogens is 514 g/mol. The predicted molar refractivity (Wildman–Crippen MR) is 141 cm³/mol. The number of primary amides is 1. The Kier molecular flexibility index (Phi) is 11.1. The van der Waals surface area contributed by atoms with Crippen LogP contribution in [0.2, 0.25) is 0 Å². The minimum absolute atomic E-state index is 0.339. The largest absolute Gasteiger partial charge is 0.394 e. The van der Waals surface area contributed by atoms with Gasteiger partial charge in [-0.25, -0.2) is 0 Å². The summed E-state index contributed by atoms with van der Waals surface area (Å²) in [6, 6.07) is 8.69. The molecule has 1 aromatic carbocycles. The molecule has 6 N–H and O–H groups in total. The Bertz CT molecular complexity index is 1020. The molecule has 2 heterocycles. The summed E-state index contributed by atoms with van der Waals surface area (Å²) in [6.07, 6.45) is 9.06. The molecule has 214 valence electrons. The normalized spacial score (nSPS) is 24.8. The second-order valence-corrected chi connectivity index (χ2v) is 11.6. The average Bonchev–Trinajstić information content (AvgIpc) is 3.11. The van der Waals surface area contributed by atoms with Crippen LogP contribution < -0.4 is 5.73 Å². The summed E-state index contributed by atoms with van der Waals surface area (Å²) in [4.78, 5) is 28.7. The molecule has 3 unspecified atom stereocenters. The number of nitrogens with two attached hydrogens (primary N) is 1. The average molecular weight is 556 g/mol. The zero-order valence-corrected chi connectivity index (χ0v) is 22.5. The Hall–Kier alpha value is -2.09. The summed E-state index contributed by atoms with van der Waals surface area (Å²) in [7, 11) is -4.67.